The Kier molecular flexibility index (Phi) is 6.13. The summed E-state index contributed by atoms with van der Waals surface area (Å²) >= 11 is 0. The van der Waals surface area contributed by atoms with Gasteiger partial charge in [-0.2, -0.15) is 0 Å². The Morgan fingerprint density at radius 2 is 1.97 bits per heavy atom. The largest absolute Gasteiger partial charge is 0.466 e. The van der Waals surface area contributed by atoms with Crippen LogP contribution in [-0.4, -0.2) is 50.5 Å². The van der Waals surface area contributed by atoms with E-state index >= 15 is 0 Å². The molecule has 0 aliphatic carbocycles. The lowest BCUT2D eigenvalue weighted by molar-refractivity contribution is -0.149. The van der Waals surface area contributed by atoms with Gasteiger partial charge in [0.05, 0.1) is 23.9 Å². The number of halogens is 1. The van der Waals surface area contributed by atoms with Gasteiger partial charge in [0.1, 0.15) is 11.5 Å². The maximum Gasteiger partial charge on any atom is 0.309 e. The van der Waals surface area contributed by atoms with Gasteiger partial charge in [-0.25, -0.2) is 9.07 Å². The van der Waals surface area contributed by atoms with Crippen LogP contribution in [0.4, 0.5) is 4.39 Å². The van der Waals surface area contributed by atoms with Crippen LogP contribution in [0.3, 0.4) is 0 Å². The highest BCUT2D eigenvalue weighted by Gasteiger charge is 2.27. The van der Waals surface area contributed by atoms with Gasteiger partial charge in [-0.15, -0.1) is 5.10 Å². The molecule has 2 aromatic heterocycles. The molecule has 8 heteroatoms. The third-order valence-corrected chi connectivity index (χ3v) is 5.33. The zero-order valence-corrected chi connectivity index (χ0v) is 16.9. The number of hydrogen-bond donors (Lipinski definition) is 0. The van der Waals surface area contributed by atoms with Crippen LogP contribution in [-0.2, 0) is 16.1 Å². The van der Waals surface area contributed by atoms with Crippen LogP contribution in [0.15, 0.2) is 48.8 Å². The van der Waals surface area contributed by atoms with Crippen LogP contribution in [0.5, 0.6) is 0 Å². The molecule has 0 saturated carbocycles. The van der Waals surface area contributed by atoms with Crippen LogP contribution in [0.2, 0.25) is 0 Å². The number of carbonyl (C=O) groups excluding carboxylic acids is 1. The van der Waals surface area contributed by atoms with E-state index in [1.807, 2.05) is 19.1 Å². The SMILES string of the molecule is CCOC(=O)C1CCN(Cc2nnn(-c3cccc(F)c3)c2-c2ccncc2)CC1. The van der Waals surface area contributed by atoms with Crippen molar-refractivity contribution in [1.29, 1.82) is 0 Å². The molecule has 1 saturated heterocycles. The van der Waals surface area contributed by atoms with E-state index in [0.29, 0.717) is 18.8 Å². The molecule has 0 atom stereocenters. The minimum atomic E-state index is -0.328. The van der Waals surface area contributed by atoms with Crippen LogP contribution in [0.25, 0.3) is 16.9 Å². The Labute approximate surface area is 174 Å². The zero-order valence-electron chi connectivity index (χ0n) is 16.9. The third-order valence-electron chi connectivity index (χ3n) is 5.33. The molecule has 0 bridgehead atoms. The van der Waals surface area contributed by atoms with Crippen molar-refractivity contribution in [2.24, 2.45) is 5.92 Å². The second-order valence-corrected chi connectivity index (χ2v) is 7.31. The average molecular weight is 409 g/mol. The summed E-state index contributed by atoms with van der Waals surface area (Å²) in [5.41, 5.74) is 3.15. The molecule has 30 heavy (non-hydrogen) atoms. The molecule has 3 aromatic rings. The van der Waals surface area contributed by atoms with Crippen molar-refractivity contribution in [1.82, 2.24) is 24.9 Å². The van der Waals surface area contributed by atoms with Crippen molar-refractivity contribution in [3.63, 3.8) is 0 Å². The molecule has 1 aliphatic heterocycles. The highest BCUT2D eigenvalue weighted by Crippen LogP contribution is 2.27. The molecule has 0 amide bonds. The van der Waals surface area contributed by atoms with Gasteiger partial charge in [0.2, 0.25) is 0 Å². The molecule has 0 radical (unpaired) electrons. The van der Waals surface area contributed by atoms with Gasteiger partial charge in [0, 0.05) is 24.5 Å². The monoisotopic (exact) mass is 409 g/mol. The molecule has 1 aliphatic rings. The Morgan fingerprint density at radius 3 is 2.67 bits per heavy atom. The zero-order chi connectivity index (χ0) is 20.9. The van der Waals surface area contributed by atoms with Crippen molar-refractivity contribution in [3.05, 3.63) is 60.3 Å². The Bertz CT molecular complexity index is 1000. The van der Waals surface area contributed by atoms with E-state index in [4.69, 9.17) is 4.74 Å². The Morgan fingerprint density at radius 1 is 1.20 bits per heavy atom. The van der Waals surface area contributed by atoms with Crippen molar-refractivity contribution in [2.45, 2.75) is 26.3 Å². The first-order valence-corrected chi connectivity index (χ1v) is 10.2. The topological polar surface area (TPSA) is 73.1 Å². The molecular weight excluding hydrogens is 385 g/mol. The van der Waals surface area contributed by atoms with Crippen molar-refractivity contribution >= 4 is 5.97 Å². The van der Waals surface area contributed by atoms with Gasteiger partial charge in [-0.1, -0.05) is 11.3 Å². The molecule has 0 unspecified atom stereocenters. The molecule has 1 aromatic carbocycles. The number of carbonyl (C=O) groups is 1. The van der Waals surface area contributed by atoms with E-state index in [1.165, 1.54) is 12.1 Å². The smallest absolute Gasteiger partial charge is 0.309 e. The predicted octanol–water partition coefficient (Wildman–Crippen LogP) is 3.24. The second kappa shape index (κ2) is 9.13. The first-order chi connectivity index (χ1) is 14.7. The number of pyridine rings is 1. The lowest BCUT2D eigenvalue weighted by atomic mass is 9.97. The number of aromatic nitrogens is 4. The van der Waals surface area contributed by atoms with Crippen LogP contribution >= 0.6 is 0 Å². The molecular formula is C22H24FN5O2. The highest BCUT2D eigenvalue weighted by atomic mass is 19.1. The lowest BCUT2D eigenvalue weighted by Crippen LogP contribution is -2.36. The van der Waals surface area contributed by atoms with Gasteiger partial charge in [0.15, 0.2) is 0 Å². The standard InChI is InChI=1S/C22H24FN5O2/c1-2-30-22(29)17-8-12-27(13-9-17)15-20-21(16-6-10-24-11-7-16)28(26-25-20)19-5-3-4-18(23)14-19/h3-7,10-11,14,17H,2,8-9,12-13,15H2,1H3. The van der Waals surface area contributed by atoms with Crippen molar-refractivity contribution in [2.75, 3.05) is 19.7 Å². The quantitative estimate of drug-likeness (QED) is 0.582. The maximum atomic E-state index is 13.8. The number of likely N-dealkylation sites (tertiary alicyclic amines) is 1. The summed E-state index contributed by atoms with van der Waals surface area (Å²) in [6.07, 6.45) is 4.96. The highest BCUT2D eigenvalue weighted by molar-refractivity contribution is 5.72. The summed E-state index contributed by atoms with van der Waals surface area (Å²) < 4.78 is 20.6. The normalized spacial score (nSPS) is 15.3. The fraction of sp³-hybridized carbons (Fsp3) is 0.364. The van der Waals surface area contributed by atoms with Gasteiger partial charge in [-0.3, -0.25) is 14.7 Å². The summed E-state index contributed by atoms with van der Waals surface area (Å²) in [6, 6.07) is 10.1. The number of ether oxygens (including phenoxy) is 1. The molecule has 0 spiro atoms. The number of rotatable bonds is 6. The number of esters is 1. The number of piperidine rings is 1. The van der Waals surface area contributed by atoms with E-state index in [9.17, 15) is 9.18 Å². The minimum Gasteiger partial charge on any atom is -0.466 e. The first-order valence-electron chi connectivity index (χ1n) is 10.2. The summed E-state index contributed by atoms with van der Waals surface area (Å²) in [4.78, 5) is 18.3. The van der Waals surface area contributed by atoms with E-state index in [-0.39, 0.29) is 17.7 Å². The van der Waals surface area contributed by atoms with E-state index in [1.54, 1.807) is 29.2 Å². The number of benzene rings is 1. The van der Waals surface area contributed by atoms with Crippen LogP contribution < -0.4 is 0 Å². The molecule has 4 rings (SSSR count). The van der Waals surface area contributed by atoms with Crippen LogP contribution in [0.1, 0.15) is 25.5 Å². The fourth-order valence-corrected chi connectivity index (χ4v) is 3.81. The number of nitrogens with zero attached hydrogens (tertiary/aromatic N) is 5. The minimum absolute atomic E-state index is 0.0381. The Balaban J connectivity index is 1.58. The molecule has 156 valence electrons. The van der Waals surface area contributed by atoms with Gasteiger partial charge in [-0.05, 0) is 63.2 Å². The molecule has 3 heterocycles. The average Bonchev–Trinajstić information content (AvgIpc) is 3.18. The first kappa shape index (κ1) is 20.2. The summed E-state index contributed by atoms with van der Waals surface area (Å²) in [6.45, 7) is 4.41. The van der Waals surface area contributed by atoms with Gasteiger partial charge in [0.25, 0.3) is 0 Å². The molecule has 1 fully saturated rings. The maximum absolute atomic E-state index is 13.8. The van der Waals surface area contributed by atoms with Crippen molar-refractivity contribution < 1.29 is 13.9 Å². The summed E-state index contributed by atoms with van der Waals surface area (Å²) in [5.74, 6) is -0.471. The summed E-state index contributed by atoms with van der Waals surface area (Å²) in [7, 11) is 0. The van der Waals surface area contributed by atoms with Gasteiger partial charge < -0.3 is 4.74 Å². The third kappa shape index (κ3) is 4.38. The Hall–Kier alpha value is -3.13. The van der Waals surface area contributed by atoms with Gasteiger partial charge >= 0.3 is 5.97 Å². The van der Waals surface area contributed by atoms with Crippen LogP contribution in [0, 0.1) is 11.7 Å². The van der Waals surface area contributed by atoms with E-state index < -0.39 is 0 Å². The molecule has 7 nitrogen and oxygen atoms in total. The lowest BCUT2D eigenvalue weighted by Gasteiger charge is -2.30. The second-order valence-electron chi connectivity index (χ2n) is 7.31. The fourth-order valence-electron chi connectivity index (χ4n) is 3.81. The summed E-state index contributed by atoms with van der Waals surface area (Å²) in [5, 5.41) is 8.73. The molecule has 0 N–H and O–H groups in total. The van der Waals surface area contributed by atoms with Crippen molar-refractivity contribution in [3.8, 4) is 16.9 Å². The van der Waals surface area contributed by atoms with E-state index in [2.05, 4.69) is 20.2 Å². The van der Waals surface area contributed by atoms with E-state index in [0.717, 1.165) is 42.9 Å². The number of hydrogen-bond acceptors (Lipinski definition) is 6. The predicted molar refractivity (Wildman–Crippen MR) is 109 cm³/mol.